The molecule has 0 radical (unpaired) electrons. The number of thioether (sulfide) groups is 1. The van der Waals surface area contributed by atoms with E-state index in [2.05, 4.69) is 36.1 Å². The van der Waals surface area contributed by atoms with Gasteiger partial charge in [0.05, 0.1) is 6.61 Å². The fourth-order valence-electron chi connectivity index (χ4n) is 1.88. The second-order valence-corrected chi connectivity index (χ2v) is 6.06. The number of nitrogens with one attached hydrogen (secondary N) is 1. The molecule has 0 saturated heterocycles. The third-order valence-electron chi connectivity index (χ3n) is 2.63. The highest BCUT2D eigenvalue weighted by Gasteiger charge is 2.23. The lowest BCUT2D eigenvalue weighted by molar-refractivity contribution is 0.156. The van der Waals surface area contributed by atoms with Crippen LogP contribution in [-0.4, -0.2) is 39.0 Å². The average molecular weight is 269 g/mol. The Balaban J connectivity index is 2.27. The van der Waals surface area contributed by atoms with Gasteiger partial charge in [0.25, 0.3) is 0 Å². The zero-order valence-electron chi connectivity index (χ0n) is 11.4. The molecule has 0 spiro atoms. The SMILES string of the molecule is CC(C)NC(C)(CO)CCCSc1ncccn1. The Labute approximate surface area is 114 Å². The van der Waals surface area contributed by atoms with Crippen molar-refractivity contribution in [2.45, 2.75) is 50.4 Å². The van der Waals surface area contributed by atoms with Crippen molar-refractivity contribution in [3.05, 3.63) is 18.5 Å². The number of rotatable bonds is 8. The quantitative estimate of drug-likeness (QED) is 0.430. The van der Waals surface area contributed by atoms with Crippen LogP contribution in [0.25, 0.3) is 0 Å². The summed E-state index contributed by atoms with van der Waals surface area (Å²) in [7, 11) is 0. The van der Waals surface area contributed by atoms with Gasteiger partial charge in [0.1, 0.15) is 0 Å². The van der Waals surface area contributed by atoms with Crippen LogP contribution in [0.5, 0.6) is 0 Å². The van der Waals surface area contributed by atoms with Crippen molar-refractivity contribution in [3.8, 4) is 0 Å². The van der Waals surface area contributed by atoms with Gasteiger partial charge in [0.15, 0.2) is 5.16 Å². The van der Waals surface area contributed by atoms with Gasteiger partial charge < -0.3 is 10.4 Å². The summed E-state index contributed by atoms with van der Waals surface area (Å²) < 4.78 is 0. The van der Waals surface area contributed by atoms with E-state index in [9.17, 15) is 5.11 Å². The molecule has 4 nitrogen and oxygen atoms in total. The summed E-state index contributed by atoms with van der Waals surface area (Å²) in [4.78, 5) is 8.34. The Morgan fingerprint density at radius 3 is 2.61 bits per heavy atom. The van der Waals surface area contributed by atoms with Gasteiger partial charge in [-0.1, -0.05) is 25.6 Å². The smallest absolute Gasteiger partial charge is 0.187 e. The number of aromatic nitrogens is 2. The van der Waals surface area contributed by atoms with Crippen LogP contribution in [0.15, 0.2) is 23.6 Å². The van der Waals surface area contributed by atoms with Crippen LogP contribution in [-0.2, 0) is 0 Å². The first-order valence-corrected chi connectivity index (χ1v) is 7.33. The predicted octanol–water partition coefficient (Wildman–Crippen LogP) is 2.10. The molecule has 0 aliphatic carbocycles. The summed E-state index contributed by atoms with van der Waals surface area (Å²) in [5.41, 5.74) is -0.188. The van der Waals surface area contributed by atoms with Crippen LogP contribution in [0.3, 0.4) is 0 Å². The molecule has 0 aromatic carbocycles. The van der Waals surface area contributed by atoms with Crippen LogP contribution in [0, 0.1) is 0 Å². The molecule has 1 atom stereocenters. The molecule has 1 aromatic rings. The largest absolute Gasteiger partial charge is 0.394 e. The molecule has 0 saturated carbocycles. The van der Waals surface area contributed by atoms with Gasteiger partial charge in [-0.2, -0.15) is 0 Å². The molecule has 5 heteroatoms. The molecule has 1 heterocycles. The summed E-state index contributed by atoms with van der Waals surface area (Å²) in [6.07, 6.45) is 5.49. The third-order valence-corrected chi connectivity index (χ3v) is 3.59. The minimum absolute atomic E-state index is 0.164. The molecule has 2 N–H and O–H groups in total. The number of aliphatic hydroxyl groups is 1. The van der Waals surface area contributed by atoms with E-state index >= 15 is 0 Å². The highest BCUT2D eigenvalue weighted by Crippen LogP contribution is 2.18. The highest BCUT2D eigenvalue weighted by molar-refractivity contribution is 7.99. The Hall–Kier alpha value is -0.650. The van der Waals surface area contributed by atoms with Crippen molar-refractivity contribution < 1.29 is 5.11 Å². The molecule has 1 aromatic heterocycles. The molecule has 18 heavy (non-hydrogen) atoms. The lowest BCUT2D eigenvalue weighted by atomic mass is 9.96. The van der Waals surface area contributed by atoms with Crippen molar-refractivity contribution in [2.75, 3.05) is 12.4 Å². The van der Waals surface area contributed by atoms with Gasteiger partial charge in [-0.3, -0.25) is 0 Å². The number of hydrogen-bond donors (Lipinski definition) is 2. The maximum absolute atomic E-state index is 9.46. The van der Waals surface area contributed by atoms with Crippen LogP contribution in [0.4, 0.5) is 0 Å². The van der Waals surface area contributed by atoms with Crippen LogP contribution in [0.2, 0.25) is 0 Å². The van der Waals surface area contributed by atoms with Gasteiger partial charge in [0.2, 0.25) is 0 Å². The van der Waals surface area contributed by atoms with Gasteiger partial charge in [-0.15, -0.1) is 0 Å². The minimum Gasteiger partial charge on any atom is -0.394 e. The molecule has 0 bridgehead atoms. The lowest BCUT2D eigenvalue weighted by Gasteiger charge is -2.31. The second kappa shape index (κ2) is 7.71. The number of hydrogen-bond acceptors (Lipinski definition) is 5. The average Bonchev–Trinajstić information content (AvgIpc) is 2.35. The Bertz CT molecular complexity index is 334. The van der Waals surface area contributed by atoms with Crippen LogP contribution < -0.4 is 5.32 Å². The first kappa shape index (κ1) is 15.4. The second-order valence-electron chi connectivity index (χ2n) is 5.00. The van der Waals surface area contributed by atoms with Crippen molar-refractivity contribution in [1.29, 1.82) is 0 Å². The maximum atomic E-state index is 9.46. The van der Waals surface area contributed by atoms with Gasteiger partial charge in [-0.25, -0.2) is 9.97 Å². The fraction of sp³-hybridized carbons (Fsp3) is 0.692. The highest BCUT2D eigenvalue weighted by atomic mass is 32.2. The standard InChI is InChI=1S/C13H23N3OS/c1-11(2)16-13(3,10-17)6-4-9-18-12-14-7-5-8-15-12/h5,7-8,11,16-17H,4,6,9-10H2,1-3H3. The van der Waals surface area contributed by atoms with Crippen molar-refractivity contribution in [2.24, 2.45) is 0 Å². The van der Waals surface area contributed by atoms with E-state index in [0.29, 0.717) is 6.04 Å². The zero-order chi connectivity index (χ0) is 13.4. The maximum Gasteiger partial charge on any atom is 0.187 e. The molecule has 0 fully saturated rings. The van der Waals surface area contributed by atoms with E-state index in [-0.39, 0.29) is 12.1 Å². The Morgan fingerprint density at radius 2 is 2.06 bits per heavy atom. The zero-order valence-corrected chi connectivity index (χ0v) is 12.2. The normalized spacial score (nSPS) is 14.7. The van der Waals surface area contributed by atoms with Crippen LogP contribution >= 0.6 is 11.8 Å². The molecular weight excluding hydrogens is 246 g/mol. The van der Waals surface area contributed by atoms with E-state index in [1.165, 1.54) is 0 Å². The topological polar surface area (TPSA) is 58.0 Å². The van der Waals surface area contributed by atoms with Crippen LogP contribution in [0.1, 0.15) is 33.6 Å². The van der Waals surface area contributed by atoms with E-state index in [0.717, 1.165) is 23.8 Å². The first-order valence-electron chi connectivity index (χ1n) is 6.34. The van der Waals surface area contributed by atoms with E-state index < -0.39 is 0 Å². The Morgan fingerprint density at radius 1 is 1.39 bits per heavy atom. The molecule has 1 rings (SSSR count). The third kappa shape index (κ3) is 5.80. The molecule has 0 aliphatic rings. The minimum atomic E-state index is -0.188. The Kier molecular flexibility index (Phi) is 6.60. The first-order chi connectivity index (χ1) is 8.56. The summed E-state index contributed by atoms with van der Waals surface area (Å²) in [5.74, 6) is 0.972. The van der Waals surface area contributed by atoms with Gasteiger partial charge in [-0.05, 0) is 25.8 Å². The van der Waals surface area contributed by atoms with Gasteiger partial charge in [0, 0.05) is 29.7 Å². The summed E-state index contributed by atoms with van der Waals surface area (Å²) in [5, 5.41) is 13.7. The molecule has 102 valence electrons. The predicted molar refractivity (Wildman–Crippen MR) is 75.8 cm³/mol. The summed E-state index contributed by atoms with van der Waals surface area (Å²) in [6, 6.07) is 2.20. The van der Waals surface area contributed by atoms with E-state index in [1.807, 2.05) is 6.07 Å². The fourth-order valence-corrected chi connectivity index (χ4v) is 2.62. The molecule has 1 unspecified atom stereocenters. The van der Waals surface area contributed by atoms with E-state index in [1.54, 1.807) is 24.2 Å². The number of nitrogens with zero attached hydrogens (tertiary/aromatic N) is 2. The summed E-state index contributed by atoms with van der Waals surface area (Å²) >= 11 is 1.66. The van der Waals surface area contributed by atoms with Crippen molar-refractivity contribution in [3.63, 3.8) is 0 Å². The lowest BCUT2D eigenvalue weighted by Crippen LogP contribution is -2.49. The number of aliphatic hydroxyl groups excluding tert-OH is 1. The molecular formula is C13H23N3OS. The summed E-state index contributed by atoms with van der Waals surface area (Å²) in [6.45, 7) is 6.43. The van der Waals surface area contributed by atoms with Gasteiger partial charge >= 0.3 is 0 Å². The molecule has 0 aliphatic heterocycles. The monoisotopic (exact) mass is 269 g/mol. The van der Waals surface area contributed by atoms with Crippen molar-refractivity contribution in [1.82, 2.24) is 15.3 Å². The van der Waals surface area contributed by atoms with E-state index in [4.69, 9.17) is 0 Å². The molecule has 0 amide bonds. The van der Waals surface area contributed by atoms with Crippen molar-refractivity contribution >= 4 is 11.8 Å².